The molecule has 0 atom stereocenters. The summed E-state index contributed by atoms with van der Waals surface area (Å²) in [7, 11) is 0. The average Bonchev–Trinajstić information content (AvgIpc) is 3.00. The maximum Gasteiger partial charge on any atom is 0.251 e. The number of benzene rings is 1. The molecular formula is C19H23ClFN3O2S2. The molecule has 9 heteroatoms. The third kappa shape index (κ3) is 5.47. The van der Waals surface area contributed by atoms with E-state index in [0.29, 0.717) is 22.7 Å². The largest absolute Gasteiger partial charge is 0.365 e. The Hall–Kier alpha value is -1.61. The van der Waals surface area contributed by atoms with Crippen molar-refractivity contribution in [3.8, 4) is 0 Å². The van der Waals surface area contributed by atoms with E-state index in [4.69, 9.17) is 5.73 Å². The number of thiophene rings is 1. The highest BCUT2D eigenvalue weighted by Crippen LogP contribution is 2.37. The molecule has 0 unspecified atom stereocenters. The number of nitrogens with two attached hydrogens (primary N) is 1. The molecule has 1 aliphatic rings. The van der Waals surface area contributed by atoms with Crippen LogP contribution in [0.3, 0.4) is 0 Å². The molecule has 0 aliphatic carbocycles. The Morgan fingerprint density at radius 2 is 2.04 bits per heavy atom. The van der Waals surface area contributed by atoms with Crippen molar-refractivity contribution in [3.63, 3.8) is 0 Å². The SMILES string of the molecule is CCN1CCc2c(sc(NC(=O)CCSc3ccc(F)cc3)c2C(N)=O)C1.Cl. The number of amides is 2. The molecular weight excluding hydrogens is 421 g/mol. The number of primary amides is 1. The minimum absolute atomic E-state index is 0. The first-order valence-corrected chi connectivity index (χ1v) is 10.6. The number of anilines is 1. The van der Waals surface area contributed by atoms with Gasteiger partial charge in [0.2, 0.25) is 5.91 Å². The van der Waals surface area contributed by atoms with Crippen molar-refractivity contribution < 1.29 is 14.0 Å². The second kappa shape index (κ2) is 10.2. The predicted molar refractivity (Wildman–Crippen MR) is 115 cm³/mol. The predicted octanol–water partition coefficient (Wildman–Crippen LogP) is 3.91. The molecule has 3 N–H and O–H groups in total. The molecule has 0 radical (unpaired) electrons. The van der Waals surface area contributed by atoms with Crippen molar-refractivity contribution in [2.45, 2.75) is 31.2 Å². The number of likely N-dealkylation sites (N-methyl/N-ethyl adjacent to an activating group) is 1. The van der Waals surface area contributed by atoms with Crippen LogP contribution >= 0.6 is 35.5 Å². The molecule has 2 aromatic rings. The van der Waals surface area contributed by atoms with Crippen molar-refractivity contribution in [1.82, 2.24) is 4.90 Å². The van der Waals surface area contributed by atoms with Crippen LogP contribution in [0.5, 0.6) is 0 Å². The van der Waals surface area contributed by atoms with Gasteiger partial charge in [0.05, 0.1) is 5.56 Å². The summed E-state index contributed by atoms with van der Waals surface area (Å²) in [5, 5.41) is 3.42. The van der Waals surface area contributed by atoms with Gasteiger partial charge in [0.15, 0.2) is 0 Å². The van der Waals surface area contributed by atoms with Gasteiger partial charge in [-0.25, -0.2) is 4.39 Å². The van der Waals surface area contributed by atoms with E-state index in [0.717, 1.165) is 41.4 Å². The lowest BCUT2D eigenvalue weighted by atomic mass is 10.0. The molecule has 2 heterocycles. The van der Waals surface area contributed by atoms with Gasteiger partial charge in [-0.2, -0.15) is 0 Å². The number of thioether (sulfide) groups is 1. The first-order valence-electron chi connectivity index (χ1n) is 8.82. The van der Waals surface area contributed by atoms with Crippen molar-refractivity contribution in [2.75, 3.05) is 24.2 Å². The summed E-state index contributed by atoms with van der Waals surface area (Å²) in [6.07, 6.45) is 1.07. The number of nitrogens with zero attached hydrogens (tertiary/aromatic N) is 1. The lowest BCUT2D eigenvalue weighted by Gasteiger charge is -2.25. The number of carbonyl (C=O) groups excluding carboxylic acids is 2. The Morgan fingerprint density at radius 3 is 2.68 bits per heavy atom. The summed E-state index contributed by atoms with van der Waals surface area (Å²) in [6, 6.07) is 6.18. The van der Waals surface area contributed by atoms with E-state index in [1.54, 1.807) is 12.1 Å². The van der Waals surface area contributed by atoms with Crippen molar-refractivity contribution >= 4 is 52.3 Å². The number of halogens is 2. The molecule has 1 aromatic heterocycles. The van der Waals surface area contributed by atoms with Crippen LogP contribution in [-0.2, 0) is 17.8 Å². The van der Waals surface area contributed by atoms with Crippen LogP contribution in [0.1, 0.15) is 34.1 Å². The Morgan fingerprint density at radius 1 is 1.32 bits per heavy atom. The summed E-state index contributed by atoms with van der Waals surface area (Å²) in [5.41, 5.74) is 7.03. The first kappa shape index (κ1) is 22.7. The molecule has 28 heavy (non-hydrogen) atoms. The normalized spacial score (nSPS) is 13.5. The number of carbonyl (C=O) groups is 2. The lowest BCUT2D eigenvalue weighted by molar-refractivity contribution is -0.115. The fraction of sp³-hybridized carbons (Fsp3) is 0.368. The van der Waals surface area contributed by atoms with E-state index in [-0.39, 0.29) is 24.1 Å². The monoisotopic (exact) mass is 443 g/mol. The van der Waals surface area contributed by atoms with Gasteiger partial charge >= 0.3 is 0 Å². The van der Waals surface area contributed by atoms with Crippen molar-refractivity contribution in [2.24, 2.45) is 5.73 Å². The molecule has 0 fully saturated rings. The van der Waals surface area contributed by atoms with Crippen LogP contribution in [0.2, 0.25) is 0 Å². The smallest absolute Gasteiger partial charge is 0.251 e. The topological polar surface area (TPSA) is 75.4 Å². The summed E-state index contributed by atoms with van der Waals surface area (Å²) in [5.74, 6) is -0.358. The fourth-order valence-corrected chi connectivity index (χ4v) is 5.22. The zero-order valence-electron chi connectivity index (χ0n) is 15.5. The first-order chi connectivity index (χ1) is 13.0. The summed E-state index contributed by atoms with van der Waals surface area (Å²) in [4.78, 5) is 28.6. The molecule has 0 saturated heterocycles. The van der Waals surface area contributed by atoms with E-state index in [2.05, 4.69) is 17.1 Å². The van der Waals surface area contributed by atoms with E-state index < -0.39 is 5.91 Å². The minimum atomic E-state index is -0.492. The Labute approximate surface area is 178 Å². The maximum absolute atomic E-state index is 12.9. The quantitative estimate of drug-likeness (QED) is 0.636. The third-order valence-corrected chi connectivity index (χ3v) is 6.64. The number of nitrogens with one attached hydrogen (secondary N) is 1. The Bertz CT molecular complexity index is 842. The number of hydrogen-bond donors (Lipinski definition) is 2. The number of hydrogen-bond acceptors (Lipinski definition) is 5. The maximum atomic E-state index is 12.9. The van der Waals surface area contributed by atoms with Crippen LogP contribution in [0, 0.1) is 5.82 Å². The number of rotatable bonds is 7. The van der Waals surface area contributed by atoms with E-state index >= 15 is 0 Å². The van der Waals surface area contributed by atoms with E-state index in [9.17, 15) is 14.0 Å². The molecule has 1 aromatic carbocycles. The summed E-state index contributed by atoms with van der Waals surface area (Å²) in [6.45, 7) is 4.73. The van der Waals surface area contributed by atoms with Gasteiger partial charge in [-0.3, -0.25) is 14.5 Å². The minimum Gasteiger partial charge on any atom is -0.365 e. The number of fused-ring (bicyclic) bond motifs is 1. The van der Waals surface area contributed by atoms with Crippen LogP contribution < -0.4 is 11.1 Å². The van der Waals surface area contributed by atoms with Crippen molar-refractivity contribution in [3.05, 3.63) is 46.1 Å². The zero-order valence-corrected chi connectivity index (χ0v) is 17.9. The van der Waals surface area contributed by atoms with Crippen LogP contribution in [0.15, 0.2) is 29.2 Å². The lowest BCUT2D eigenvalue weighted by Crippen LogP contribution is -2.30. The molecule has 0 spiro atoms. The van der Waals surface area contributed by atoms with Gasteiger partial charge < -0.3 is 11.1 Å². The molecule has 0 saturated carbocycles. The fourth-order valence-electron chi connectivity index (χ4n) is 3.06. The highest BCUT2D eigenvalue weighted by atomic mass is 35.5. The van der Waals surface area contributed by atoms with Gasteiger partial charge in [-0.15, -0.1) is 35.5 Å². The van der Waals surface area contributed by atoms with Gasteiger partial charge in [-0.1, -0.05) is 6.92 Å². The Balaban J connectivity index is 0.00000280. The van der Waals surface area contributed by atoms with E-state index in [1.165, 1.54) is 35.2 Å². The second-order valence-electron chi connectivity index (χ2n) is 6.29. The van der Waals surface area contributed by atoms with Crippen LogP contribution in [0.4, 0.5) is 9.39 Å². The molecule has 0 bridgehead atoms. The standard InChI is InChI=1S/C19H22FN3O2S2.ClH/c1-2-23-9-7-14-15(11-23)27-19(17(14)18(21)25)22-16(24)8-10-26-13-5-3-12(20)4-6-13;/h3-6H,2,7-11H2,1H3,(H2,21,25)(H,22,24);1H. The highest BCUT2D eigenvalue weighted by molar-refractivity contribution is 7.99. The highest BCUT2D eigenvalue weighted by Gasteiger charge is 2.27. The van der Waals surface area contributed by atoms with Crippen LogP contribution in [-0.4, -0.2) is 35.6 Å². The van der Waals surface area contributed by atoms with Crippen molar-refractivity contribution in [1.29, 1.82) is 0 Å². The molecule has 2 amide bonds. The molecule has 5 nitrogen and oxygen atoms in total. The van der Waals surface area contributed by atoms with Gasteiger partial charge in [0, 0.05) is 35.0 Å². The molecule has 1 aliphatic heterocycles. The zero-order chi connectivity index (χ0) is 19.4. The molecule has 3 rings (SSSR count). The average molecular weight is 444 g/mol. The third-order valence-electron chi connectivity index (χ3n) is 4.49. The van der Waals surface area contributed by atoms with Gasteiger partial charge in [-0.05, 0) is 42.8 Å². The summed E-state index contributed by atoms with van der Waals surface area (Å²) >= 11 is 2.93. The van der Waals surface area contributed by atoms with Gasteiger partial charge in [0.25, 0.3) is 5.91 Å². The Kier molecular flexibility index (Phi) is 8.30. The molecule has 152 valence electrons. The van der Waals surface area contributed by atoms with Gasteiger partial charge in [0.1, 0.15) is 10.8 Å². The van der Waals surface area contributed by atoms with Crippen LogP contribution in [0.25, 0.3) is 0 Å². The summed E-state index contributed by atoms with van der Waals surface area (Å²) < 4.78 is 12.9. The second-order valence-corrected chi connectivity index (χ2v) is 8.56. The van der Waals surface area contributed by atoms with E-state index in [1.807, 2.05) is 0 Å².